The van der Waals surface area contributed by atoms with Gasteiger partial charge in [-0.2, -0.15) is 0 Å². The van der Waals surface area contributed by atoms with E-state index in [4.69, 9.17) is 4.74 Å². The number of amides is 1. The van der Waals surface area contributed by atoms with Crippen molar-refractivity contribution < 1.29 is 19.4 Å². The molecule has 3 aliphatic rings. The van der Waals surface area contributed by atoms with E-state index in [0.29, 0.717) is 25.6 Å². The molecule has 1 heterocycles. The Kier molecular flexibility index (Phi) is 5.01. The van der Waals surface area contributed by atoms with Crippen molar-refractivity contribution in [3.8, 4) is 0 Å². The zero-order valence-electron chi connectivity index (χ0n) is 13.1. The molecule has 2 bridgehead atoms. The number of carbonyl (C=O) groups excluding carboxylic acids is 1. The van der Waals surface area contributed by atoms with Gasteiger partial charge in [-0.05, 0) is 55.8 Å². The molecule has 2 aliphatic carbocycles. The van der Waals surface area contributed by atoms with E-state index in [-0.39, 0.29) is 18.4 Å². The predicted octanol–water partition coefficient (Wildman–Crippen LogP) is 2.06. The fourth-order valence-corrected chi connectivity index (χ4v) is 4.73. The minimum Gasteiger partial charge on any atom is -0.481 e. The third-order valence-corrected chi connectivity index (χ3v) is 6.00. The van der Waals surface area contributed by atoms with Gasteiger partial charge in [0.15, 0.2) is 0 Å². The van der Waals surface area contributed by atoms with Crippen LogP contribution in [0, 0.1) is 29.6 Å². The Bertz CT molecular complexity index is 419. The second-order valence-electron chi connectivity index (χ2n) is 7.34. The SMILES string of the molecule is O=C(CC1CC2CCC1C2)NCC(C(=O)O)C1CCOCC1. The van der Waals surface area contributed by atoms with Crippen molar-refractivity contribution in [1.29, 1.82) is 0 Å². The van der Waals surface area contributed by atoms with Crippen LogP contribution in [0.2, 0.25) is 0 Å². The molecular formula is C17H27NO4. The lowest BCUT2D eigenvalue weighted by atomic mass is 9.85. The van der Waals surface area contributed by atoms with Crippen molar-refractivity contribution in [2.45, 2.75) is 44.9 Å². The molecule has 0 aromatic carbocycles. The number of carbonyl (C=O) groups is 2. The predicted molar refractivity (Wildman–Crippen MR) is 81.2 cm³/mol. The van der Waals surface area contributed by atoms with Crippen LogP contribution in [-0.4, -0.2) is 36.7 Å². The van der Waals surface area contributed by atoms with Crippen molar-refractivity contribution in [1.82, 2.24) is 5.32 Å². The highest BCUT2D eigenvalue weighted by atomic mass is 16.5. The van der Waals surface area contributed by atoms with Crippen LogP contribution in [0.4, 0.5) is 0 Å². The smallest absolute Gasteiger partial charge is 0.308 e. The van der Waals surface area contributed by atoms with Crippen molar-refractivity contribution in [3.05, 3.63) is 0 Å². The van der Waals surface area contributed by atoms with Gasteiger partial charge in [0.1, 0.15) is 0 Å². The molecule has 3 rings (SSSR count). The zero-order chi connectivity index (χ0) is 15.5. The summed E-state index contributed by atoms with van der Waals surface area (Å²) < 4.78 is 5.29. The molecule has 0 radical (unpaired) electrons. The van der Waals surface area contributed by atoms with E-state index in [1.807, 2.05) is 0 Å². The quantitative estimate of drug-likeness (QED) is 0.787. The molecule has 22 heavy (non-hydrogen) atoms. The highest BCUT2D eigenvalue weighted by Gasteiger charge is 2.40. The number of rotatable bonds is 6. The van der Waals surface area contributed by atoms with Gasteiger partial charge in [0.2, 0.25) is 5.91 Å². The van der Waals surface area contributed by atoms with Crippen molar-refractivity contribution in [3.63, 3.8) is 0 Å². The van der Waals surface area contributed by atoms with Gasteiger partial charge in [-0.15, -0.1) is 0 Å². The molecular weight excluding hydrogens is 282 g/mol. The third kappa shape index (κ3) is 3.62. The second kappa shape index (κ2) is 6.99. The summed E-state index contributed by atoms with van der Waals surface area (Å²) in [4.78, 5) is 23.6. The maximum absolute atomic E-state index is 12.2. The van der Waals surface area contributed by atoms with E-state index in [1.54, 1.807) is 0 Å². The van der Waals surface area contributed by atoms with Gasteiger partial charge in [-0.3, -0.25) is 9.59 Å². The lowest BCUT2D eigenvalue weighted by Gasteiger charge is -2.28. The number of hydrogen-bond donors (Lipinski definition) is 2. The molecule has 0 aromatic heterocycles. The van der Waals surface area contributed by atoms with Crippen molar-refractivity contribution in [2.24, 2.45) is 29.6 Å². The van der Waals surface area contributed by atoms with Gasteiger partial charge in [0.25, 0.3) is 0 Å². The molecule has 0 spiro atoms. The maximum atomic E-state index is 12.2. The topological polar surface area (TPSA) is 75.6 Å². The lowest BCUT2D eigenvalue weighted by molar-refractivity contribution is -0.145. The number of nitrogens with one attached hydrogen (secondary N) is 1. The Labute approximate surface area is 131 Å². The van der Waals surface area contributed by atoms with Crippen LogP contribution in [0.3, 0.4) is 0 Å². The summed E-state index contributed by atoms with van der Waals surface area (Å²) in [6, 6.07) is 0. The Balaban J connectivity index is 1.45. The number of aliphatic carboxylic acids is 1. The van der Waals surface area contributed by atoms with E-state index >= 15 is 0 Å². The molecule has 1 saturated heterocycles. The molecule has 5 nitrogen and oxygen atoms in total. The minimum atomic E-state index is -0.799. The molecule has 4 atom stereocenters. The van der Waals surface area contributed by atoms with Crippen molar-refractivity contribution in [2.75, 3.05) is 19.8 Å². The third-order valence-electron chi connectivity index (χ3n) is 6.00. The van der Waals surface area contributed by atoms with Gasteiger partial charge >= 0.3 is 5.97 Å². The molecule has 2 N–H and O–H groups in total. The van der Waals surface area contributed by atoms with Crippen LogP contribution in [0.5, 0.6) is 0 Å². The van der Waals surface area contributed by atoms with Crippen LogP contribution < -0.4 is 5.32 Å². The first-order valence-electron chi connectivity index (χ1n) is 8.70. The second-order valence-corrected chi connectivity index (χ2v) is 7.34. The molecule has 3 fully saturated rings. The lowest BCUT2D eigenvalue weighted by Crippen LogP contribution is -2.39. The summed E-state index contributed by atoms with van der Waals surface area (Å²) in [6.45, 7) is 1.53. The van der Waals surface area contributed by atoms with E-state index in [0.717, 1.165) is 24.7 Å². The van der Waals surface area contributed by atoms with Crippen molar-refractivity contribution >= 4 is 11.9 Å². The van der Waals surface area contributed by atoms with Crippen LogP contribution in [-0.2, 0) is 14.3 Å². The Morgan fingerprint density at radius 1 is 1.14 bits per heavy atom. The Morgan fingerprint density at radius 3 is 2.50 bits per heavy atom. The summed E-state index contributed by atoms with van der Waals surface area (Å²) in [7, 11) is 0. The van der Waals surface area contributed by atoms with Crippen LogP contribution in [0.25, 0.3) is 0 Å². The van der Waals surface area contributed by atoms with Gasteiger partial charge in [0, 0.05) is 26.2 Å². The van der Waals surface area contributed by atoms with E-state index < -0.39 is 11.9 Å². The molecule has 124 valence electrons. The minimum absolute atomic E-state index is 0.0378. The molecule has 4 unspecified atom stereocenters. The number of carboxylic acids is 1. The number of hydrogen-bond acceptors (Lipinski definition) is 3. The van der Waals surface area contributed by atoms with Gasteiger partial charge in [-0.25, -0.2) is 0 Å². The maximum Gasteiger partial charge on any atom is 0.308 e. The Hall–Kier alpha value is -1.10. The molecule has 1 aliphatic heterocycles. The average molecular weight is 309 g/mol. The number of carboxylic acid groups (broad SMARTS) is 1. The highest BCUT2D eigenvalue weighted by Crippen LogP contribution is 2.49. The standard InChI is InChI=1S/C17H27NO4/c19-16(9-14-8-11-1-2-13(14)7-11)18-10-15(17(20)21)12-3-5-22-6-4-12/h11-15H,1-10H2,(H,18,19)(H,20,21). The van der Waals surface area contributed by atoms with Crippen LogP contribution in [0.1, 0.15) is 44.9 Å². The first kappa shape index (κ1) is 15.8. The van der Waals surface area contributed by atoms with E-state index in [1.165, 1.54) is 25.7 Å². The summed E-state index contributed by atoms with van der Waals surface area (Å²) in [5, 5.41) is 12.3. The zero-order valence-corrected chi connectivity index (χ0v) is 13.1. The summed E-state index contributed by atoms with van der Waals surface area (Å²) in [5.41, 5.74) is 0. The number of fused-ring (bicyclic) bond motifs is 2. The van der Waals surface area contributed by atoms with Gasteiger partial charge < -0.3 is 15.2 Å². The fraction of sp³-hybridized carbons (Fsp3) is 0.882. The van der Waals surface area contributed by atoms with Gasteiger partial charge in [0.05, 0.1) is 5.92 Å². The van der Waals surface area contributed by atoms with Crippen LogP contribution >= 0.6 is 0 Å². The fourth-order valence-electron chi connectivity index (χ4n) is 4.73. The van der Waals surface area contributed by atoms with E-state index in [2.05, 4.69) is 5.32 Å². The monoisotopic (exact) mass is 309 g/mol. The normalized spacial score (nSPS) is 32.8. The first-order valence-corrected chi connectivity index (χ1v) is 8.70. The van der Waals surface area contributed by atoms with Gasteiger partial charge in [-0.1, -0.05) is 6.42 Å². The summed E-state index contributed by atoms with van der Waals surface area (Å²) in [5.74, 6) is 0.994. The summed E-state index contributed by atoms with van der Waals surface area (Å²) in [6.07, 6.45) is 7.26. The molecule has 5 heteroatoms. The Morgan fingerprint density at radius 2 is 1.91 bits per heavy atom. The molecule has 1 amide bonds. The highest BCUT2D eigenvalue weighted by molar-refractivity contribution is 5.77. The van der Waals surface area contributed by atoms with E-state index in [9.17, 15) is 14.7 Å². The molecule has 0 aromatic rings. The summed E-state index contributed by atoms with van der Waals surface area (Å²) >= 11 is 0. The molecule has 2 saturated carbocycles. The number of ether oxygens (including phenoxy) is 1. The van der Waals surface area contributed by atoms with Crippen LogP contribution in [0.15, 0.2) is 0 Å². The average Bonchev–Trinajstić information content (AvgIpc) is 3.11. The first-order chi connectivity index (χ1) is 10.6. The largest absolute Gasteiger partial charge is 0.481 e.